The van der Waals surface area contributed by atoms with E-state index < -0.39 is 17.5 Å². The molecule has 1 unspecified atom stereocenters. The molecule has 1 atom stereocenters. The standard InChI is InChI=1S/C16H10FN3O/c17-12-6-2-1-5-10(12)15(21)11(9-18)16-19-13-7-3-4-8-14(13)20-16/h1-8,11H,(H,19,20). The average Bonchev–Trinajstić information content (AvgIpc) is 2.91. The highest BCUT2D eigenvalue weighted by Gasteiger charge is 2.26. The molecular weight excluding hydrogens is 269 g/mol. The number of fused-ring (bicyclic) bond motifs is 1. The molecule has 0 bridgehead atoms. The summed E-state index contributed by atoms with van der Waals surface area (Å²) in [6.45, 7) is 0. The van der Waals surface area contributed by atoms with Gasteiger partial charge in [0.15, 0.2) is 11.7 Å². The van der Waals surface area contributed by atoms with Crippen molar-refractivity contribution in [2.24, 2.45) is 0 Å². The van der Waals surface area contributed by atoms with E-state index in [0.717, 1.165) is 5.52 Å². The lowest BCUT2D eigenvalue weighted by Crippen LogP contribution is -2.14. The first-order valence-corrected chi connectivity index (χ1v) is 6.33. The molecule has 3 rings (SSSR count). The number of H-pyrrole nitrogens is 1. The zero-order chi connectivity index (χ0) is 14.8. The Hall–Kier alpha value is -3.00. The van der Waals surface area contributed by atoms with E-state index in [0.29, 0.717) is 5.52 Å². The van der Waals surface area contributed by atoms with Crippen LogP contribution in [-0.2, 0) is 0 Å². The molecule has 3 aromatic rings. The van der Waals surface area contributed by atoms with Crippen molar-refractivity contribution in [2.45, 2.75) is 5.92 Å². The summed E-state index contributed by atoms with van der Waals surface area (Å²) in [4.78, 5) is 19.5. The number of nitrogens with one attached hydrogen (secondary N) is 1. The van der Waals surface area contributed by atoms with Gasteiger partial charge < -0.3 is 4.98 Å². The molecule has 1 aromatic heterocycles. The van der Waals surface area contributed by atoms with Gasteiger partial charge in [-0.2, -0.15) is 5.26 Å². The summed E-state index contributed by atoms with van der Waals surface area (Å²) in [6.07, 6.45) is 0. The Morgan fingerprint density at radius 2 is 1.90 bits per heavy atom. The lowest BCUT2D eigenvalue weighted by molar-refractivity contribution is 0.0972. The first-order chi connectivity index (χ1) is 10.2. The Bertz CT molecular complexity index is 830. The van der Waals surface area contributed by atoms with E-state index in [4.69, 9.17) is 0 Å². The first kappa shape index (κ1) is 13.0. The van der Waals surface area contributed by atoms with E-state index in [1.165, 1.54) is 18.2 Å². The number of hydrogen-bond acceptors (Lipinski definition) is 3. The molecule has 4 nitrogen and oxygen atoms in total. The topological polar surface area (TPSA) is 69.5 Å². The lowest BCUT2D eigenvalue weighted by Gasteiger charge is -2.06. The zero-order valence-corrected chi connectivity index (χ0v) is 10.9. The zero-order valence-electron chi connectivity index (χ0n) is 10.9. The van der Waals surface area contributed by atoms with Gasteiger partial charge in [0.2, 0.25) is 0 Å². The number of Topliss-reactive ketones (excluding diaryl/α,β-unsaturated/α-hetero) is 1. The van der Waals surface area contributed by atoms with Crippen LogP contribution in [0.25, 0.3) is 11.0 Å². The van der Waals surface area contributed by atoms with E-state index in [1.54, 1.807) is 18.2 Å². The number of aromatic amines is 1. The molecule has 0 spiro atoms. The van der Waals surface area contributed by atoms with Crippen LogP contribution >= 0.6 is 0 Å². The van der Waals surface area contributed by atoms with Crippen LogP contribution < -0.4 is 0 Å². The van der Waals surface area contributed by atoms with Gasteiger partial charge in [0.05, 0.1) is 22.7 Å². The van der Waals surface area contributed by atoms with Gasteiger partial charge >= 0.3 is 0 Å². The monoisotopic (exact) mass is 279 g/mol. The Balaban J connectivity index is 2.04. The van der Waals surface area contributed by atoms with Gasteiger partial charge in [0.25, 0.3) is 0 Å². The Morgan fingerprint density at radius 1 is 1.19 bits per heavy atom. The smallest absolute Gasteiger partial charge is 0.190 e. The fourth-order valence-electron chi connectivity index (χ4n) is 2.17. The van der Waals surface area contributed by atoms with Crippen LogP contribution in [0.4, 0.5) is 4.39 Å². The molecule has 0 aliphatic rings. The molecular formula is C16H10FN3O. The third-order valence-electron chi connectivity index (χ3n) is 3.21. The Kier molecular flexibility index (Phi) is 3.20. The highest BCUT2D eigenvalue weighted by Crippen LogP contribution is 2.22. The van der Waals surface area contributed by atoms with E-state index in [9.17, 15) is 14.4 Å². The number of halogens is 1. The minimum atomic E-state index is -1.16. The number of rotatable bonds is 3. The van der Waals surface area contributed by atoms with Gasteiger partial charge in [0, 0.05) is 0 Å². The van der Waals surface area contributed by atoms with Crippen LogP contribution in [-0.4, -0.2) is 15.8 Å². The third-order valence-corrected chi connectivity index (χ3v) is 3.21. The van der Waals surface area contributed by atoms with Crippen LogP contribution in [0.5, 0.6) is 0 Å². The molecule has 5 heteroatoms. The van der Waals surface area contributed by atoms with E-state index >= 15 is 0 Å². The van der Waals surface area contributed by atoms with Gasteiger partial charge in [-0.1, -0.05) is 24.3 Å². The summed E-state index contributed by atoms with van der Waals surface area (Å²) in [5.41, 5.74) is 1.28. The molecule has 21 heavy (non-hydrogen) atoms. The second-order valence-electron chi connectivity index (χ2n) is 4.55. The molecule has 0 amide bonds. The van der Waals surface area contributed by atoms with E-state index in [-0.39, 0.29) is 11.4 Å². The number of ketones is 1. The minimum Gasteiger partial charge on any atom is -0.340 e. The van der Waals surface area contributed by atoms with Crippen molar-refractivity contribution < 1.29 is 9.18 Å². The maximum atomic E-state index is 13.7. The number of hydrogen-bond donors (Lipinski definition) is 1. The molecule has 102 valence electrons. The van der Waals surface area contributed by atoms with Crippen molar-refractivity contribution in [3.8, 4) is 6.07 Å². The second-order valence-corrected chi connectivity index (χ2v) is 4.55. The third kappa shape index (κ3) is 2.28. The van der Waals surface area contributed by atoms with Crippen LogP contribution in [0.3, 0.4) is 0 Å². The molecule has 0 fully saturated rings. The summed E-state index contributed by atoms with van der Waals surface area (Å²) >= 11 is 0. The van der Waals surface area contributed by atoms with Crippen molar-refractivity contribution >= 4 is 16.8 Å². The largest absolute Gasteiger partial charge is 0.340 e. The SMILES string of the molecule is N#CC(C(=O)c1ccccc1F)c1nc2ccccc2[nH]1. The molecule has 0 aliphatic carbocycles. The van der Waals surface area contributed by atoms with Gasteiger partial charge in [-0.25, -0.2) is 9.37 Å². The Morgan fingerprint density at radius 3 is 2.62 bits per heavy atom. The van der Waals surface area contributed by atoms with Crippen molar-refractivity contribution in [3.63, 3.8) is 0 Å². The fourth-order valence-corrected chi connectivity index (χ4v) is 2.17. The van der Waals surface area contributed by atoms with Crippen LogP contribution in [0, 0.1) is 17.1 Å². The van der Waals surface area contributed by atoms with Crippen molar-refractivity contribution in [3.05, 3.63) is 65.7 Å². The molecule has 0 saturated heterocycles. The molecule has 2 aromatic carbocycles. The fraction of sp³-hybridized carbons (Fsp3) is 0.0625. The van der Waals surface area contributed by atoms with Gasteiger partial charge in [-0.05, 0) is 24.3 Å². The number of carbonyl (C=O) groups excluding carboxylic acids is 1. The molecule has 0 radical (unpaired) electrons. The number of benzene rings is 2. The molecule has 1 N–H and O–H groups in total. The predicted molar refractivity (Wildman–Crippen MR) is 75.2 cm³/mol. The number of aromatic nitrogens is 2. The van der Waals surface area contributed by atoms with Gasteiger partial charge in [-0.3, -0.25) is 4.79 Å². The number of nitriles is 1. The van der Waals surface area contributed by atoms with Crippen molar-refractivity contribution in [1.29, 1.82) is 5.26 Å². The molecule has 0 aliphatic heterocycles. The van der Waals surface area contributed by atoms with Crippen LogP contribution in [0.2, 0.25) is 0 Å². The highest BCUT2D eigenvalue weighted by atomic mass is 19.1. The normalized spacial score (nSPS) is 12.0. The second kappa shape index (κ2) is 5.17. The predicted octanol–water partition coefficient (Wildman–Crippen LogP) is 3.19. The van der Waals surface area contributed by atoms with Crippen LogP contribution in [0.1, 0.15) is 22.1 Å². The summed E-state index contributed by atoms with van der Waals surface area (Å²) in [7, 11) is 0. The summed E-state index contributed by atoms with van der Waals surface area (Å²) in [5.74, 6) is -2.17. The number of carbonyl (C=O) groups is 1. The van der Waals surface area contributed by atoms with E-state index in [2.05, 4.69) is 9.97 Å². The van der Waals surface area contributed by atoms with Gasteiger partial charge in [0.1, 0.15) is 11.6 Å². The number of nitrogens with zero attached hydrogens (tertiary/aromatic N) is 2. The van der Waals surface area contributed by atoms with E-state index in [1.807, 2.05) is 18.2 Å². The number of imidazole rings is 1. The Labute approximate surface area is 119 Å². The quantitative estimate of drug-likeness (QED) is 0.748. The lowest BCUT2D eigenvalue weighted by atomic mass is 9.98. The van der Waals surface area contributed by atoms with Gasteiger partial charge in [-0.15, -0.1) is 0 Å². The first-order valence-electron chi connectivity index (χ1n) is 6.33. The van der Waals surface area contributed by atoms with Crippen molar-refractivity contribution in [1.82, 2.24) is 9.97 Å². The van der Waals surface area contributed by atoms with Crippen molar-refractivity contribution in [2.75, 3.05) is 0 Å². The average molecular weight is 279 g/mol. The number of para-hydroxylation sites is 2. The maximum Gasteiger partial charge on any atom is 0.190 e. The summed E-state index contributed by atoms with van der Waals surface area (Å²) < 4.78 is 13.7. The summed E-state index contributed by atoms with van der Waals surface area (Å²) in [6, 6.07) is 14.7. The molecule has 1 heterocycles. The maximum absolute atomic E-state index is 13.7. The molecule has 0 saturated carbocycles. The minimum absolute atomic E-state index is 0.107. The van der Waals surface area contributed by atoms with Crippen LogP contribution in [0.15, 0.2) is 48.5 Å². The highest BCUT2D eigenvalue weighted by molar-refractivity contribution is 6.02. The summed E-state index contributed by atoms with van der Waals surface area (Å²) in [5, 5.41) is 9.27.